The molecule has 0 rings (SSSR count). The lowest BCUT2D eigenvalue weighted by molar-refractivity contribution is -0.0420. The van der Waals surface area contributed by atoms with Gasteiger partial charge in [-0.05, 0) is 5.53 Å². The molecule has 0 bridgehead atoms. The van der Waals surface area contributed by atoms with E-state index < -0.39 is 18.8 Å². The second kappa shape index (κ2) is 7.78. The molecule has 0 spiro atoms. The van der Waals surface area contributed by atoms with Gasteiger partial charge in [-0.1, -0.05) is 5.11 Å². The van der Waals surface area contributed by atoms with Crippen LogP contribution in [0.4, 0.5) is 0 Å². The molecule has 0 heterocycles. The zero-order valence-corrected chi connectivity index (χ0v) is 7.07. The molecule has 7 nitrogen and oxygen atoms in total. The summed E-state index contributed by atoms with van der Waals surface area (Å²) in [5, 5.41) is 29.2. The van der Waals surface area contributed by atoms with Crippen LogP contribution in [0.2, 0.25) is 0 Å². The monoisotopic (exact) mass is 191 g/mol. The summed E-state index contributed by atoms with van der Waals surface area (Å²) in [6.07, 6.45) is -1.60. The van der Waals surface area contributed by atoms with Crippen molar-refractivity contribution in [1.82, 2.24) is 0 Å². The summed E-state index contributed by atoms with van der Waals surface area (Å²) in [5.41, 5.74) is 7.97. The van der Waals surface area contributed by atoms with Gasteiger partial charge in [0.05, 0.1) is 32.5 Å². The third-order valence-corrected chi connectivity index (χ3v) is 1.29. The fourth-order valence-corrected chi connectivity index (χ4v) is 0.591. The fourth-order valence-electron chi connectivity index (χ4n) is 0.591. The molecule has 0 aromatic rings. The molecule has 2 unspecified atom stereocenters. The summed E-state index contributed by atoms with van der Waals surface area (Å²) in [4.78, 5) is 2.49. The molecule has 76 valence electrons. The van der Waals surface area contributed by atoms with Crippen LogP contribution in [0, 0.1) is 0 Å². The van der Waals surface area contributed by atoms with Gasteiger partial charge in [0.1, 0.15) is 6.10 Å². The van der Waals surface area contributed by atoms with E-state index >= 15 is 0 Å². The highest BCUT2D eigenvalue weighted by Gasteiger charge is 2.09. The number of aliphatic hydroxyl groups is 3. The number of azide groups is 1. The van der Waals surface area contributed by atoms with E-state index in [0.717, 1.165) is 0 Å². The van der Waals surface area contributed by atoms with Crippen LogP contribution >= 0.6 is 0 Å². The molecule has 0 saturated carbocycles. The van der Waals surface area contributed by atoms with Gasteiger partial charge in [-0.3, -0.25) is 0 Å². The topological polar surface area (TPSA) is 119 Å². The number of aliphatic hydroxyl groups excluding tert-OH is 3. The van der Waals surface area contributed by atoms with Crippen LogP contribution in [0.1, 0.15) is 0 Å². The first-order chi connectivity index (χ1) is 6.24. The third kappa shape index (κ3) is 6.32. The van der Waals surface area contributed by atoms with Crippen LogP contribution in [-0.4, -0.2) is 53.9 Å². The van der Waals surface area contributed by atoms with Crippen molar-refractivity contribution < 1.29 is 20.1 Å². The maximum absolute atomic E-state index is 8.87. The molecule has 13 heavy (non-hydrogen) atoms. The molecule has 2 atom stereocenters. The van der Waals surface area contributed by atoms with Crippen LogP contribution in [0.15, 0.2) is 5.11 Å². The van der Waals surface area contributed by atoms with Crippen molar-refractivity contribution in [3.63, 3.8) is 0 Å². The molecule has 0 aliphatic rings. The first-order valence-electron chi connectivity index (χ1n) is 3.76. The van der Waals surface area contributed by atoms with Gasteiger partial charge in [-0.15, -0.1) is 0 Å². The second-order valence-corrected chi connectivity index (χ2v) is 2.39. The van der Waals surface area contributed by atoms with Crippen LogP contribution in [-0.2, 0) is 4.74 Å². The summed E-state index contributed by atoms with van der Waals surface area (Å²) >= 11 is 0. The van der Waals surface area contributed by atoms with Crippen molar-refractivity contribution in [2.45, 2.75) is 12.2 Å². The van der Waals surface area contributed by atoms with Gasteiger partial charge < -0.3 is 20.1 Å². The smallest absolute Gasteiger partial charge is 0.100 e. The SMILES string of the molecule is [N-]=[N+]=NCC(CO)OCC(O)CO. The Hall–Kier alpha value is -0.850. The van der Waals surface area contributed by atoms with Crippen molar-refractivity contribution in [2.24, 2.45) is 5.11 Å². The van der Waals surface area contributed by atoms with Crippen molar-refractivity contribution >= 4 is 0 Å². The van der Waals surface area contributed by atoms with E-state index in [1.807, 2.05) is 0 Å². The van der Waals surface area contributed by atoms with E-state index in [9.17, 15) is 0 Å². The molecule has 0 aromatic carbocycles. The third-order valence-electron chi connectivity index (χ3n) is 1.29. The number of hydrogen-bond acceptors (Lipinski definition) is 5. The van der Waals surface area contributed by atoms with Crippen LogP contribution in [0.3, 0.4) is 0 Å². The minimum atomic E-state index is -0.972. The predicted octanol–water partition coefficient (Wildman–Crippen LogP) is -0.973. The van der Waals surface area contributed by atoms with Gasteiger partial charge in [0, 0.05) is 4.91 Å². The second-order valence-electron chi connectivity index (χ2n) is 2.39. The number of ether oxygens (including phenoxy) is 1. The normalized spacial score (nSPS) is 14.7. The quantitative estimate of drug-likeness (QED) is 0.272. The zero-order valence-electron chi connectivity index (χ0n) is 7.07. The average Bonchev–Trinajstić information content (AvgIpc) is 2.17. The molecule has 0 fully saturated rings. The maximum Gasteiger partial charge on any atom is 0.100 e. The summed E-state index contributed by atoms with van der Waals surface area (Å²) in [7, 11) is 0. The van der Waals surface area contributed by atoms with Crippen molar-refractivity contribution in [3.8, 4) is 0 Å². The van der Waals surface area contributed by atoms with Gasteiger partial charge in [-0.25, -0.2) is 0 Å². The Morgan fingerprint density at radius 2 is 2.08 bits per heavy atom. The van der Waals surface area contributed by atoms with Crippen molar-refractivity contribution in [3.05, 3.63) is 10.4 Å². The number of rotatable bonds is 7. The molecule has 0 saturated heterocycles. The molecule has 7 heteroatoms. The molecular formula is C6H13N3O4. The Balaban J connectivity index is 3.64. The first-order valence-corrected chi connectivity index (χ1v) is 3.76. The van der Waals surface area contributed by atoms with Crippen molar-refractivity contribution in [1.29, 1.82) is 0 Å². The van der Waals surface area contributed by atoms with Gasteiger partial charge in [0.2, 0.25) is 0 Å². The van der Waals surface area contributed by atoms with Gasteiger partial charge in [0.15, 0.2) is 0 Å². The highest BCUT2D eigenvalue weighted by molar-refractivity contribution is 4.61. The Morgan fingerprint density at radius 3 is 2.54 bits per heavy atom. The highest BCUT2D eigenvalue weighted by Crippen LogP contribution is 1.94. The molecule has 0 aliphatic heterocycles. The molecule has 0 aromatic heterocycles. The summed E-state index contributed by atoms with van der Waals surface area (Å²) in [6, 6.07) is 0. The van der Waals surface area contributed by atoms with E-state index in [0.29, 0.717) is 0 Å². The molecule has 0 aliphatic carbocycles. The summed E-state index contributed by atoms with van der Waals surface area (Å²) in [5.74, 6) is 0. The zero-order chi connectivity index (χ0) is 10.1. The molecule has 0 amide bonds. The van der Waals surface area contributed by atoms with Crippen LogP contribution in [0.5, 0.6) is 0 Å². The van der Waals surface area contributed by atoms with E-state index in [1.165, 1.54) is 0 Å². The van der Waals surface area contributed by atoms with Crippen LogP contribution in [0.25, 0.3) is 10.4 Å². The first kappa shape index (κ1) is 12.2. The number of hydrogen-bond donors (Lipinski definition) is 3. The van der Waals surface area contributed by atoms with E-state index in [4.69, 9.17) is 25.6 Å². The summed E-state index contributed by atoms with van der Waals surface area (Å²) < 4.78 is 4.92. The van der Waals surface area contributed by atoms with E-state index in [1.54, 1.807) is 0 Å². The average molecular weight is 191 g/mol. The lowest BCUT2D eigenvalue weighted by Gasteiger charge is -2.14. The standard InChI is InChI=1S/C6H13N3O4/c7-9-8-1-6(3-11)13-4-5(12)2-10/h5-6,10-12H,1-4H2. The minimum Gasteiger partial charge on any atom is -0.394 e. The Labute approximate surface area is 75.2 Å². The summed E-state index contributed by atoms with van der Waals surface area (Å²) in [6.45, 7) is -0.787. The fraction of sp³-hybridized carbons (Fsp3) is 1.00. The Bertz CT molecular complexity index is 171. The maximum atomic E-state index is 8.87. The van der Waals surface area contributed by atoms with E-state index in [2.05, 4.69) is 10.0 Å². The predicted molar refractivity (Wildman–Crippen MR) is 43.9 cm³/mol. The van der Waals surface area contributed by atoms with E-state index in [-0.39, 0.29) is 19.8 Å². The van der Waals surface area contributed by atoms with Crippen LogP contribution < -0.4 is 0 Å². The lowest BCUT2D eigenvalue weighted by Crippen LogP contribution is -2.28. The highest BCUT2D eigenvalue weighted by atomic mass is 16.5. The largest absolute Gasteiger partial charge is 0.394 e. The van der Waals surface area contributed by atoms with Crippen molar-refractivity contribution in [2.75, 3.05) is 26.4 Å². The molecule has 3 N–H and O–H groups in total. The Kier molecular flexibility index (Phi) is 7.27. The Morgan fingerprint density at radius 1 is 1.38 bits per heavy atom. The number of nitrogens with zero attached hydrogens (tertiary/aromatic N) is 3. The van der Waals surface area contributed by atoms with Gasteiger partial charge in [0.25, 0.3) is 0 Å². The van der Waals surface area contributed by atoms with Gasteiger partial charge >= 0.3 is 0 Å². The van der Waals surface area contributed by atoms with Gasteiger partial charge in [-0.2, -0.15) is 0 Å². The molecule has 0 radical (unpaired) electrons. The lowest BCUT2D eigenvalue weighted by atomic mass is 10.3. The molecular weight excluding hydrogens is 178 g/mol. The minimum absolute atomic E-state index is 0.00511.